The van der Waals surface area contributed by atoms with Crippen molar-refractivity contribution in [2.45, 2.75) is 26.7 Å². The summed E-state index contributed by atoms with van der Waals surface area (Å²) >= 11 is 6.30. The number of hydrogen-bond acceptors (Lipinski definition) is 3. The molecule has 1 aliphatic rings. The molecule has 0 amide bonds. The molecule has 3 heterocycles. The fourth-order valence-corrected chi connectivity index (χ4v) is 4.89. The van der Waals surface area contributed by atoms with Crippen molar-refractivity contribution in [2.24, 2.45) is 5.41 Å². The Bertz CT molecular complexity index is 1430. The number of ketones is 1. The Hall–Kier alpha value is -2.72. The standard InChI is InChI=1S/C22H16ClN3O/c1-22(2)8-15-19(17(27)9-22)18-13-5-4-12(23)7-16(13)26-21-11(10-24-26)3-6-14(25-15)20(18)21/h3-7,10H,8-9H2,1-2H3. The van der Waals surface area contributed by atoms with Gasteiger partial charge in [0.15, 0.2) is 5.78 Å². The lowest BCUT2D eigenvalue weighted by molar-refractivity contribution is 0.0912. The third-order valence-electron chi connectivity index (χ3n) is 5.78. The number of Topliss-reactive ketones (excluding diaryl/α,β-unsaturated/α-hetero) is 1. The molecule has 0 N–H and O–H groups in total. The third-order valence-corrected chi connectivity index (χ3v) is 6.01. The number of fused-ring (bicyclic) bond motifs is 5. The normalized spacial score (nSPS) is 16.8. The summed E-state index contributed by atoms with van der Waals surface area (Å²) in [7, 11) is 0. The van der Waals surface area contributed by atoms with Gasteiger partial charge in [0.1, 0.15) is 0 Å². The van der Waals surface area contributed by atoms with Gasteiger partial charge in [-0.3, -0.25) is 9.78 Å². The van der Waals surface area contributed by atoms with Crippen molar-refractivity contribution in [3.8, 4) is 0 Å². The van der Waals surface area contributed by atoms with Gasteiger partial charge in [0.25, 0.3) is 0 Å². The minimum atomic E-state index is -0.0686. The summed E-state index contributed by atoms with van der Waals surface area (Å²) in [5, 5.41) is 9.31. The zero-order valence-corrected chi connectivity index (χ0v) is 15.8. The Kier molecular flexibility index (Phi) is 2.71. The molecule has 27 heavy (non-hydrogen) atoms. The minimum absolute atomic E-state index is 0.0686. The van der Waals surface area contributed by atoms with Gasteiger partial charge in [-0.2, -0.15) is 5.10 Å². The number of carbonyl (C=O) groups excluding carboxylic acids is 1. The Morgan fingerprint density at radius 1 is 1.11 bits per heavy atom. The number of nitrogens with zero attached hydrogens (tertiary/aromatic N) is 3. The second-order valence-corrected chi connectivity index (χ2v) is 8.80. The zero-order chi connectivity index (χ0) is 18.5. The van der Waals surface area contributed by atoms with E-state index in [4.69, 9.17) is 16.6 Å². The first kappa shape index (κ1) is 15.3. The summed E-state index contributed by atoms with van der Waals surface area (Å²) in [6, 6.07) is 9.90. The van der Waals surface area contributed by atoms with Gasteiger partial charge in [0, 0.05) is 38.6 Å². The van der Waals surface area contributed by atoms with Crippen molar-refractivity contribution >= 4 is 55.5 Å². The molecule has 0 fully saturated rings. The zero-order valence-electron chi connectivity index (χ0n) is 15.0. The Labute approximate surface area is 160 Å². The predicted octanol–water partition coefficient (Wildman–Crippen LogP) is 5.44. The molecule has 5 heteroatoms. The van der Waals surface area contributed by atoms with E-state index in [1.165, 1.54) is 0 Å². The molecule has 132 valence electrons. The molecule has 0 saturated heterocycles. The van der Waals surface area contributed by atoms with E-state index in [1.807, 2.05) is 35.0 Å². The monoisotopic (exact) mass is 373 g/mol. The lowest BCUT2D eigenvalue weighted by Crippen LogP contribution is -2.28. The van der Waals surface area contributed by atoms with Crippen molar-refractivity contribution < 1.29 is 4.79 Å². The molecular weight excluding hydrogens is 358 g/mol. The smallest absolute Gasteiger partial charge is 0.165 e. The second-order valence-electron chi connectivity index (χ2n) is 8.36. The maximum absolute atomic E-state index is 13.2. The van der Waals surface area contributed by atoms with Gasteiger partial charge < -0.3 is 0 Å². The number of benzene rings is 2. The van der Waals surface area contributed by atoms with Crippen LogP contribution < -0.4 is 0 Å². The molecule has 0 spiro atoms. The molecule has 4 nitrogen and oxygen atoms in total. The van der Waals surface area contributed by atoms with Gasteiger partial charge in [-0.1, -0.05) is 31.5 Å². The van der Waals surface area contributed by atoms with E-state index in [9.17, 15) is 4.79 Å². The summed E-state index contributed by atoms with van der Waals surface area (Å²) in [6.45, 7) is 4.27. The fourth-order valence-electron chi connectivity index (χ4n) is 4.73. The SMILES string of the molecule is CC1(C)CC(=O)c2c(nc3ccc4cnn5c6cc(Cl)ccc6c2c3c45)C1. The Balaban J connectivity index is 1.96. The van der Waals surface area contributed by atoms with Crippen LogP contribution in [0, 0.1) is 5.41 Å². The molecule has 0 bridgehead atoms. The molecule has 0 radical (unpaired) electrons. The van der Waals surface area contributed by atoms with Crippen LogP contribution in [0.1, 0.15) is 36.3 Å². The molecule has 0 saturated carbocycles. The van der Waals surface area contributed by atoms with Crippen molar-refractivity contribution in [3.63, 3.8) is 0 Å². The van der Waals surface area contributed by atoms with Crippen LogP contribution in [0.2, 0.25) is 5.02 Å². The van der Waals surface area contributed by atoms with E-state index >= 15 is 0 Å². The van der Waals surface area contributed by atoms with Gasteiger partial charge >= 0.3 is 0 Å². The maximum Gasteiger partial charge on any atom is 0.165 e. The molecule has 0 aliphatic heterocycles. The van der Waals surface area contributed by atoms with Crippen LogP contribution in [0.5, 0.6) is 0 Å². The molecular formula is C22H16ClN3O. The van der Waals surface area contributed by atoms with Crippen LogP contribution >= 0.6 is 11.6 Å². The molecule has 5 aromatic rings. The van der Waals surface area contributed by atoms with Gasteiger partial charge in [-0.15, -0.1) is 0 Å². The third kappa shape index (κ3) is 1.91. The van der Waals surface area contributed by atoms with Crippen LogP contribution in [0.4, 0.5) is 0 Å². The Morgan fingerprint density at radius 2 is 1.96 bits per heavy atom. The number of aromatic nitrogens is 3. The number of pyridine rings is 2. The maximum atomic E-state index is 13.2. The van der Waals surface area contributed by atoms with Gasteiger partial charge in [0.2, 0.25) is 0 Å². The molecule has 1 aliphatic carbocycles. The topological polar surface area (TPSA) is 47.3 Å². The van der Waals surface area contributed by atoms with Crippen molar-refractivity contribution in [1.82, 2.24) is 14.6 Å². The highest BCUT2D eigenvalue weighted by Gasteiger charge is 2.34. The Morgan fingerprint density at radius 3 is 2.81 bits per heavy atom. The second kappa shape index (κ2) is 4.76. The fraction of sp³-hybridized carbons (Fsp3) is 0.227. The quantitative estimate of drug-likeness (QED) is 0.268. The lowest BCUT2D eigenvalue weighted by atomic mass is 9.74. The molecule has 2 aromatic carbocycles. The average Bonchev–Trinajstić information content (AvgIpc) is 3.03. The van der Waals surface area contributed by atoms with Gasteiger partial charge in [-0.25, -0.2) is 4.52 Å². The summed E-state index contributed by atoms with van der Waals surface area (Å²) in [4.78, 5) is 18.1. The first-order valence-electron chi connectivity index (χ1n) is 9.10. The summed E-state index contributed by atoms with van der Waals surface area (Å²) in [5.74, 6) is 0.177. The van der Waals surface area contributed by atoms with E-state index in [-0.39, 0.29) is 11.2 Å². The number of hydrogen-bond donors (Lipinski definition) is 0. The van der Waals surface area contributed by atoms with E-state index in [0.717, 1.165) is 55.8 Å². The van der Waals surface area contributed by atoms with E-state index in [0.29, 0.717) is 11.4 Å². The van der Waals surface area contributed by atoms with E-state index in [2.05, 4.69) is 25.0 Å². The molecule has 0 atom stereocenters. The summed E-state index contributed by atoms with van der Waals surface area (Å²) < 4.78 is 1.93. The number of halogens is 1. The van der Waals surface area contributed by atoms with Crippen LogP contribution in [0.3, 0.4) is 0 Å². The highest BCUT2D eigenvalue weighted by molar-refractivity contribution is 6.33. The van der Waals surface area contributed by atoms with E-state index < -0.39 is 0 Å². The first-order chi connectivity index (χ1) is 12.9. The highest BCUT2D eigenvalue weighted by atomic mass is 35.5. The summed E-state index contributed by atoms with van der Waals surface area (Å²) in [5.41, 5.74) is 4.47. The van der Waals surface area contributed by atoms with Crippen molar-refractivity contribution in [2.75, 3.05) is 0 Å². The summed E-state index contributed by atoms with van der Waals surface area (Å²) in [6.07, 6.45) is 3.20. The van der Waals surface area contributed by atoms with Crippen molar-refractivity contribution in [1.29, 1.82) is 0 Å². The average molecular weight is 374 g/mol. The van der Waals surface area contributed by atoms with Gasteiger partial charge in [0.05, 0.1) is 28.4 Å². The van der Waals surface area contributed by atoms with E-state index in [1.54, 1.807) is 0 Å². The predicted molar refractivity (Wildman–Crippen MR) is 108 cm³/mol. The largest absolute Gasteiger partial charge is 0.294 e. The molecule has 3 aromatic heterocycles. The number of carbonyl (C=O) groups is 1. The van der Waals surface area contributed by atoms with Crippen LogP contribution in [-0.4, -0.2) is 20.4 Å². The van der Waals surface area contributed by atoms with Crippen LogP contribution in [0.25, 0.3) is 38.1 Å². The number of rotatable bonds is 0. The van der Waals surface area contributed by atoms with Crippen LogP contribution in [-0.2, 0) is 6.42 Å². The minimum Gasteiger partial charge on any atom is -0.294 e. The first-order valence-corrected chi connectivity index (χ1v) is 9.48. The van der Waals surface area contributed by atoms with Crippen LogP contribution in [0.15, 0.2) is 36.5 Å². The lowest BCUT2D eigenvalue weighted by Gasteiger charge is -2.30. The van der Waals surface area contributed by atoms with Crippen molar-refractivity contribution in [3.05, 3.63) is 52.8 Å². The molecule has 0 unspecified atom stereocenters. The van der Waals surface area contributed by atoms with Gasteiger partial charge in [-0.05, 0) is 36.1 Å². The highest BCUT2D eigenvalue weighted by Crippen LogP contribution is 2.43. The molecule has 6 rings (SSSR count).